The number of hydrogen-bond donors (Lipinski definition) is 1. The minimum Gasteiger partial charge on any atom is -0.478 e. The Labute approximate surface area is 121 Å². The van der Waals surface area contributed by atoms with Gasteiger partial charge in [0.25, 0.3) is 0 Å². The monoisotopic (exact) mass is 276 g/mol. The lowest BCUT2D eigenvalue weighted by Gasteiger charge is -2.34. The van der Waals surface area contributed by atoms with Crippen LogP contribution in [0.4, 0.5) is 0 Å². The normalized spacial score (nSPS) is 17.3. The summed E-state index contributed by atoms with van der Waals surface area (Å²) in [5.74, 6) is -0.854. The van der Waals surface area contributed by atoms with Gasteiger partial charge in [-0.25, -0.2) is 4.79 Å². The van der Waals surface area contributed by atoms with Gasteiger partial charge in [0, 0.05) is 32.7 Å². The van der Waals surface area contributed by atoms with Crippen LogP contribution in [-0.2, 0) is 6.54 Å². The van der Waals surface area contributed by atoms with E-state index in [2.05, 4.69) is 16.7 Å². The highest BCUT2D eigenvalue weighted by Crippen LogP contribution is 2.15. The van der Waals surface area contributed by atoms with Crippen molar-refractivity contribution >= 4 is 5.97 Å². The first kappa shape index (κ1) is 15.0. The van der Waals surface area contributed by atoms with Crippen molar-refractivity contribution in [3.05, 3.63) is 34.9 Å². The van der Waals surface area contributed by atoms with Gasteiger partial charge in [-0.3, -0.25) is 4.90 Å². The fourth-order valence-electron chi connectivity index (χ4n) is 2.73. The van der Waals surface area contributed by atoms with Gasteiger partial charge in [0.1, 0.15) is 0 Å². The van der Waals surface area contributed by atoms with Crippen molar-refractivity contribution in [3.63, 3.8) is 0 Å². The van der Waals surface area contributed by atoms with Crippen LogP contribution in [0.5, 0.6) is 0 Å². The second kappa shape index (κ2) is 6.86. The fourth-order valence-corrected chi connectivity index (χ4v) is 2.73. The molecule has 1 saturated heterocycles. The number of rotatable bonds is 5. The summed E-state index contributed by atoms with van der Waals surface area (Å²) < 4.78 is 0. The molecule has 1 heterocycles. The molecular weight excluding hydrogens is 252 g/mol. The summed E-state index contributed by atoms with van der Waals surface area (Å²) in [4.78, 5) is 15.9. The summed E-state index contributed by atoms with van der Waals surface area (Å²) in [6.45, 7) is 10.8. The molecule has 0 aliphatic carbocycles. The number of piperazine rings is 1. The predicted molar refractivity (Wildman–Crippen MR) is 80.1 cm³/mol. The van der Waals surface area contributed by atoms with Crippen LogP contribution < -0.4 is 0 Å². The molecule has 4 heteroatoms. The zero-order valence-corrected chi connectivity index (χ0v) is 12.4. The van der Waals surface area contributed by atoms with E-state index in [0.29, 0.717) is 5.56 Å². The first-order valence-electron chi connectivity index (χ1n) is 7.37. The molecule has 0 saturated carbocycles. The number of benzene rings is 1. The zero-order chi connectivity index (χ0) is 14.5. The van der Waals surface area contributed by atoms with Crippen molar-refractivity contribution in [2.75, 3.05) is 32.7 Å². The lowest BCUT2D eigenvalue weighted by atomic mass is 10.0. The number of carboxylic acid groups (broad SMARTS) is 1. The summed E-state index contributed by atoms with van der Waals surface area (Å²) in [5, 5.41) is 8.99. The van der Waals surface area contributed by atoms with E-state index in [1.54, 1.807) is 12.1 Å². The van der Waals surface area contributed by atoms with E-state index in [1.165, 1.54) is 18.5 Å². The Morgan fingerprint density at radius 3 is 2.40 bits per heavy atom. The number of carbonyl (C=O) groups is 1. The maximum absolute atomic E-state index is 10.9. The van der Waals surface area contributed by atoms with Gasteiger partial charge in [-0.1, -0.05) is 13.0 Å². The van der Waals surface area contributed by atoms with Crippen LogP contribution in [-0.4, -0.2) is 53.6 Å². The maximum Gasteiger partial charge on any atom is 0.335 e. The van der Waals surface area contributed by atoms with E-state index in [4.69, 9.17) is 5.11 Å². The number of hydrogen-bond acceptors (Lipinski definition) is 3. The third-order valence-electron chi connectivity index (χ3n) is 3.99. The molecule has 1 N–H and O–H groups in total. The molecule has 1 aromatic rings. The summed E-state index contributed by atoms with van der Waals surface area (Å²) in [6, 6.07) is 5.43. The van der Waals surface area contributed by atoms with Crippen LogP contribution in [0.3, 0.4) is 0 Å². The highest BCUT2D eigenvalue weighted by atomic mass is 16.4. The van der Waals surface area contributed by atoms with E-state index in [1.807, 2.05) is 13.0 Å². The van der Waals surface area contributed by atoms with Crippen LogP contribution >= 0.6 is 0 Å². The molecular formula is C16H24N2O2. The molecule has 4 nitrogen and oxygen atoms in total. The molecule has 1 aliphatic rings. The van der Waals surface area contributed by atoms with Crippen LogP contribution in [0.25, 0.3) is 0 Å². The summed E-state index contributed by atoms with van der Waals surface area (Å²) in [6.07, 6.45) is 1.22. The van der Waals surface area contributed by atoms with E-state index in [9.17, 15) is 4.79 Å². The van der Waals surface area contributed by atoms with E-state index < -0.39 is 5.97 Å². The SMILES string of the molecule is CCCN1CCN(Cc2ccc(C(=O)O)cc2C)CC1. The van der Waals surface area contributed by atoms with E-state index >= 15 is 0 Å². The smallest absolute Gasteiger partial charge is 0.335 e. The molecule has 0 amide bonds. The van der Waals surface area contributed by atoms with Crippen molar-refractivity contribution < 1.29 is 9.90 Å². The van der Waals surface area contributed by atoms with Crippen LogP contribution in [0.1, 0.15) is 34.8 Å². The summed E-state index contributed by atoms with van der Waals surface area (Å²) in [5.41, 5.74) is 2.68. The van der Waals surface area contributed by atoms with Gasteiger partial charge in [0.2, 0.25) is 0 Å². The summed E-state index contributed by atoms with van der Waals surface area (Å²) >= 11 is 0. The minimum atomic E-state index is -0.854. The molecule has 1 aromatic carbocycles. The Morgan fingerprint density at radius 2 is 1.85 bits per heavy atom. The highest BCUT2D eigenvalue weighted by Gasteiger charge is 2.17. The lowest BCUT2D eigenvalue weighted by Crippen LogP contribution is -2.46. The standard InChI is InChI=1S/C16H24N2O2/c1-3-6-17-7-9-18(10-8-17)12-15-5-4-14(16(19)20)11-13(15)2/h4-5,11H,3,6-10,12H2,1-2H3,(H,19,20). The van der Waals surface area contributed by atoms with Gasteiger partial charge in [-0.2, -0.15) is 0 Å². The van der Waals surface area contributed by atoms with Crippen molar-refractivity contribution in [1.29, 1.82) is 0 Å². The number of aromatic carboxylic acids is 1. The minimum absolute atomic E-state index is 0.374. The molecule has 2 rings (SSSR count). The van der Waals surface area contributed by atoms with Crippen molar-refractivity contribution in [2.24, 2.45) is 0 Å². The van der Waals surface area contributed by atoms with Crippen molar-refractivity contribution in [2.45, 2.75) is 26.8 Å². The molecule has 20 heavy (non-hydrogen) atoms. The molecule has 0 atom stereocenters. The average molecular weight is 276 g/mol. The zero-order valence-electron chi connectivity index (χ0n) is 12.4. The average Bonchev–Trinajstić information content (AvgIpc) is 2.43. The van der Waals surface area contributed by atoms with Gasteiger partial charge in [0.15, 0.2) is 0 Å². The van der Waals surface area contributed by atoms with Gasteiger partial charge in [-0.15, -0.1) is 0 Å². The third-order valence-corrected chi connectivity index (χ3v) is 3.99. The molecule has 110 valence electrons. The molecule has 0 bridgehead atoms. The molecule has 0 aromatic heterocycles. The van der Waals surface area contributed by atoms with Gasteiger partial charge in [0.05, 0.1) is 5.56 Å². The molecule has 1 aliphatic heterocycles. The Morgan fingerprint density at radius 1 is 1.20 bits per heavy atom. The number of nitrogens with zero attached hydrogens (tertiary/aromatic N) is 2. The lowest BCUT2D eigenvalue weighted by molar-refractivity contribution is 0.0696. The number of aryl methyl sites for hydroxylation is 1. The Balaban J connectivity index is 1.93. The van der Waals surface area contributed by atoms with Crippen LogP contribution in [0.2, 0.25) is 0 Å². The highest BCUT2D eigenvalue weighted by molar-refractivity contribution is 5.87. The largest absolute Gasteiger partial charge is 0.478 e. The first-order valence-corrected chi connectivity index (χ1v) is 7.37. The third kappa shape index (κ3) is 3.81. The molecule has 0 spiro atoms. The van der Waals surface area contributed by atoms with E-state index in [-0.39, 0.29) is 0 Å². The van der Waals surface area contributed by atoms with Crippen LogP contribution in [0.15, 0.2) is 18.2 Å². The molecule has 0 radical (unpaired) electrons. The first-order chi connectivity index (χ1) is 9.60. The fraction of sp³-hybridized carbons (Fsp3) is 0.562. The second-order valence-corrected chi connectivity index (χ2v) is 5.56. The molecule has 1 fully saturated rings. The Hall–Kier alpha value is -1.39. The second-order valence-electron chi connectivity index (χ2n) is 5.56. The van der Waals surface area contributed by atoms with Gasteiger partial charge in [-0.05, 0) is 43.1 Å². The van der Waals surface area contributed by atoms with E-state index in [0.717, 1.165) is 38.3 Å². The quantitative estimate of drug-likeness (QED) is 0.895. The van der Waals surface area contributed by atoms with Gasteiger partial charge < -0.3 is 10.0 Å². The Bertz CT molecular complexity index is 466. The maximum atomic E-state index is 10.9. The van der Waals surface area contributed by atoms with Crippen molar-refractivity contribution in [3.8, 4) is 0 Å². The van der Waals surface area contributed by atoms with Gasteiger partial charge >= 0.3 is 5.97 Å². The summed E-state index contributed by atoms with van der Waals surface area (Å²) in [7, 11) is 0. The predicted octanol–water partition coefficient (Wildman–Crippen LogP) is 2.22. The Kier molecular flexibility index (Phi) is 5.15. The topological polar surface area (TPSA) is 43.8 Å². The molecule has 0 unspecified atom stereocenters. The number of carboxylic acids is 1. The van der Waals surface area contributed by atoms with Crippen molar-refractivity contribution in [1.82, 2.24) is 9.80 Å². The van der Waals surface area contributed by atoms with Crippen LogP contribution in [0, 0.1) is 6.92 Å².